The first-order valence-corrected chi connectivity index (χ1v) is 11.6. The van der Waals surface area contributed by atoms with Crippen molar-refractivity contribution in [3.8, 4) is 0 Å². The summed E-state index contributed by atoms with van der Waals surface area (Å²) in [7, 11) is 0. The standard InChI is InChI=1S/C26H33N3O4/c1-4-5-6-8-17(2)23(25-18(3)24-21(33-25)9-7-15-27-24)29-20-12-10-19(11-13-20)26(32)28-16-14-22(30)31/h7,9-13,15,17,23,29H,4-6,8,14,16H2,1-3H3,(H,28,32)(H,30,31). The fraction of sp³-hybridized carbons (Fsp3) is 0.423. The van der Waals surface area contributed by atoms with Crippen LogP contribution in [0.5, 0.6) is 0 Å². The number of unbranched alkanes of at least 4 members (excludes halogenated alkanes) is 2. The first kappa shape index (κ1) is 24.3. The third-order valence-electron chi connectivity index (χ3n) is 5.92. The van der Waals surface area contributed by atoms with Gasteiger partial charge in [-0.1, -0.05) is 33.1 Å². The monoisotopic (exact) mass is 451 g/mol. The van der Waals surface area contributed by atoms with Gasteiger partial charge in [0.1, 0.15) is 11.3 Å². The van der Waals surface area contributed by atoms with Crippen LogP contribution in [-0.2, 0) is 4.79 Å². The highest BCUT2D eigenvalue weighted by Crippen LogP contribution is 2.36. The van der Waals surface area contributed by atoms with Gasteiger partial charge in [-0.3, -0.25) is 14.6 Å². The number of rotatable bonds is 12. The van der Waals surface area contributed by atoms with Crippen LogP contribution in [-0.4, -0.2) is 28.5 Å². The average Bonchev–Trinajstić information content (AvgIpc) is 3.14. The molecule has 3 N–H and O–H groups in total. The highest BCUT2D eigenvalue weighted by Gasteiger charge is 2.26. The van der Waals surface area contributed by atoms with Gasteiger partial charge in [0.15, 0.2) is 5.58 Å². The second-order valence-electron chi connectivity index (χ2n) is 8.51. The quantitative estimate of drug-likeness (QED) is 0.305. The molecule has 7 nitrogen and oxygen atoms in total. The predicted molar refractivity (Wildman–Crippen MR) is 129 cm³/mol. The van der Waals surface area contributed by atoms with Crippen LogP contribution in [0.25, 0.3) is 11.1 Å². The van der Waals surface area contributed by atoms with Gasteiger partial charge in [-0.25, -0.2) is 0 Å². The number of pyridine rings is 1. The van der Waals surface area contributed by atoms with Crippen molar-refractivity contribution in [3.63, 3.8) is 0 Å². The molecule has 2 unspecified atom stereocenters. The summed E-state index contributed by atoms with van der Waals surface area (Å²) in [5, 5.41) is 15.0. The second kappa shape index (κ2) is 11.5. The van der Waals surface area contributed by atoms with Gasteiger partial charge in [0, 0.05) is 29.6 Å². The molecule has 33 heavy (non-hydrogen) atoms. The van der Waals surface area contributed by atoms with E-state index in [2.05, 4.69) is 29.5 Å². The average molecular weight is 452 g/mol. The number of fused-ring (bicyclic) bond motifs is 1. The highest BCUT2D eigenvalue weighted by atomic mass is 16.4. The Morgan fingerprint density at radius 2 is 1.91 bits per heavy atom. The van der Waals surface area contributed by atoms with E-state index in [1.165, 1.54) is 12.8 Å². The van der Waals surface area contributed by atoms with E-state index in [4.69, 9.17) is 9.52 Å². The SMILES string of the molecule is CCCCCC(C)C(Nc1ccc(C(=O)NCCC(=O)O)cc1)c1oc2cccnc2c1C. The van der Waals surface area contributed by atoms with Gasteiger partial charge in [0.25, 0.3) is 5.91 Å². The molecule has 0 aliphatic carbocycles. The summed E-state index contributed by atoms with van der Waals surface area (Å²) in [5.41, 5.74) is 4.08. The number of aliphatic carboxylic acids is 1. The number of carboxylic acids is 1. The number of hydrogen-bond acceptors (Lipinski definition) is 5. The summed E-state index contributed by atoms with van der Waals surface area (Å²) in [6.45, 7) is 6.59. The van der Waals surface area contributed by atoms with Crippen molar-refractivity contribution >= 4 is 28.7 Å². The van der Waals surface area contributed by atoms with Gasteiger partial charge in [0.05, 0.1) is 12.5 Å². The number of benzene rings is 1. The number of carbonyl (C=O) groups excluding carboxylic acids is 1. The van der Waals surface area contributed by atoms with E-state index in [0.29, 0.717) is 11.5 Å². The Bertz CT molecular complexity index is 1070. The number of anilines is 1. The summed E-state index contributed by atoms with van der Waals surface area (Å²) >= 11 is 0. The van der Waals surface area contributed by atoms with Crippen LogP contribution < -0.4 is 10.6 Å². The number of aromatic nitrogens is 1. The van der Waals surface area contributed by atoms with Crippen LogP contribution in [0.15, 0.2) is 47.0 Å². The molecule has 0 saturated heterocycles. The molecule has 7 heteroatoms. The molecule has 0 aliphatic rings. The number of nitrogens with one attached hydrogen (secondary N) is 2. The van der Waals surface area contributed by atoms with E-state index in [1.807, 2.05) is 31.2 Å². The van der Waals surface area contributed by atoms with Crippen molar-refractivity contribution in [3.05, 3.63) is 59.5 Å². The van der Waals surface area contributed by atoms with Crippen molar-refractivity contribution in [2.75, 3.05) is 11.9 Å². The molecular weight excluding hydrogens is 418 g/mol. The normalized spacial score (nSPS) is 12.9. The maximum atomic E-state index is 12.2. The minimum absolute atomic E-state index is 0.0358. The molecule has 0 bridgehead atoms. The van der Waals surface area contributed by atoms with E-state index >= 15 is 0 Å². The Morgan fingerprint density at radius 3 is 2.58 bits per heavy atom. The third kappa shape index (κ3) is 6.34. The molecule has 0 spiro atoms. The number of hydrogen-bond donors (Lipinski definition) is 3. The van der Waals surface area contributed by atoms with Crippen LogP contribution in [0.3, 0.4) is 0 Å². The van der Waals surface area contributed by atoms with Crippen LogP contribution in [0, 0.1) is 12.8 Å². The first-order valence-electron chi connectivity index (χ1n) is 11.6. The van der Waals surface area contributed by atoms with Gasteiger partial charge >= 0.3 is 5.97 Å². The van der Waals surface area contributed by atoms with Gasteiger partial charge in [0.2, 0.25) is 0 Å². The number of amides is 1. The number of furan rings is 1. The fourth-order valence-electron chi connectivity index (χ4n) is 3.99. The van der Waals surface area contributed by atoms with Crippen molar-refractivity contribution in [2.24, 2.45) is 5.92 Å². The molecule has 2 aromatic heterocycles. The molecule has 3 aromatic rings. The zero-order valence-electron chi connectivity index (χ0n) is 19.6. The lowest BCUT2D eigenvalue weighted by molar-refractivity contribution is -0.136. The van der Waals surface area contributed by atoms with E-state index < -0.39 is 5.97 Å². The molecule has 2 heterocycles. The van der Waals surface area contributed by atoms with E-state index in [9.17, 15) is 9.59 Å². The van der Waals surface area contributed by atoms with Gasteiger partial charge in [-0.15, -0.1) is 0 Å². The molecule has 0 aliphatic heterocycles. The first-order chi connectivity index (χ1) is 15.9. The van der Waals surface area contributed by atoms with Crippen LogP contribution in [0.4, 0.5) is 5.69 Å². The molecule has 1 aromatic carbocycles. The molecule has 0 fully saturated rings. The van der Waals surface area contributed by atoms with E-state index in [-0.39, 0.29) is 24.9 Å². The number of carbonyl (C=O) groups is 2. The number of carboxylic acid groups (broad SMARTS) is 1. The zero-order chi connectivity index (χ0) is 23.8. The van der Waals surface area contributed by atoms with Gasteiger partial charge in [-0.2, -0.15) is 0 Å². The van der Waals surface area contributed by atoms with E-state index in [1.54, 1.807) is 18.3 Å². The molecule has 2 atom stereocenters. The van der Waals surface area contributed by atoms with Crippen LogP contribution >= 0.6 is 0 Å². The van der Waals surface area contributed by atoms with Crippen molar-refractivity contribution in [1.82, 2.24) is 10.3 Å². The molecule has 1 amide bonds. The predicted octanol–water partition coefficient (Wildman–Crippen LogP) is 5.71. The van der Waals surface area contributed by atoms with Crippen molar-refractivity contribution in [2.45, 2.75) is 58.9 Å². The molecule has 3 rings (SSSR count). The minimum Gasteiger partial charge on any atom is -0.481 e. The smallest absolute Gasteiger partial charge is 0.305 e. The lowest BCUT2D eigenvalue weighted by Gasteiger charge is -2.25. The van der Waals surface area contributed by atoms with Crippen molar-refractivity contribution < 1.29 is 19.1 Å². The maximum Gasteiger partial charge on any atom is 0.305 e. The Morgan fingerprint density at radius 1 is 1.15 bits per heavy atom. The maximum absolute atomic E-state index is 12.2. The molecular formula is C26H33N3O4. The summed E-state index contributed by atoms with van der Waals surface area (Å²) in [5.74, 6) is -0.00508. The second-order valence-corrected chi connectivity index (χ2v) is 8.51. The van der Waals surface area contributed by atoms with E-state index in [0.717, 1.165) is 41.0 Å². The fourth-order valence-corrected chi connectivity index (χ4v) is 3.99. The third-order valence-corrected chi connectivity index (χ3v) is 5.92. The Labute approximate surface area is 194 Å². The van der Waals surface area contributed by atoms with Crippen LogP contribution in [0.2, 0.25) is 0 Å². The Hall–Kier alpha value is -3.35. The number of aryl methyl sites for hydroxylation is 1. The molecule has 176 valence electrons. The topological polar surface area (TPSA) is 104 Å². The molecule has 0 saturated carbocycles. The lowest BCUT2D eigenvalue weighted by Crippen LogP contribution is -2.26. The van der Waals surface area contributed by atoms with Gasteiger partial charge in [-0.05, 0) is 55.7 Å². The number of nitrogens with zero attached hydrogens (tertiary/aromatic N) is 1. The summed E-state index contributed by atoms with van der Waals surface area (Å²) in [6, 6.07) is 11.0. The minimum atomic E-state index is -0.940. The zero-order valence-corrected chi connectivity index (χ0v) is 19.6. The van der Waals surface area contributed by atoms with Gasteiger partial charge < -0.3 is 20.2 Å². The largest absolute Gasteiger partial charge is 0.481 e. The summed E-state index contributed by atoms with van der Waals surface area (Å²) < 4.78 is 6.25. The Balaban J connectivity index is 1.79. The molecule has 0 radical (unpaired) electrons. The van der Waals surface area contributed by atoms with Crippen LogP contribution in [0.1, 0.15) is 73.7 Å². The lowest BCUT2D eigenvalue weighted by atomic mass is 9.91. The summed E-state index contributed by atoms with van der Waals surface area (Å²) in [6.07, 6.45) is 6.27. The summed E-state index contributed by atoms with van der Waals surface area (Å²) in [4.78, 5) is 27.4. The van der Waals surface area contributed by atoms with Crippen molar-refractivity contribution in [1.29, 1.82) is 0 Å². The highest BCUT2D eigenvalue weighted by molar-refractivity contribution is 5.94. The Kier molecular flexibility index (Phi) is 8.46.